The van der Waals surface area contributed by atoms with Crippen LogP contribution < -0.4 is 14.8 Å². The van der Waals surface area contributed by atoms with Gasteiger partial charge in [-0.15, -0.1) is 12.4 Å². The molecule has 152 valence electrons. The first-order valence-electron chi connectivity index (χ1n) is 9.90. The van der Waals surface area contributed by atoms with E-state index in [2.05, 4.69) is 19.2 Å². The highest BCUT2D eigenvalue weighted by atomic mass is 35.5. The Labute approximate surface area is 169 Å². The quantitative estimate of drug-likeness (QED) is 0.726. The molecule has 1 saturated heterocycles. The Morgan fingerprint density at radius 1 is 1.19 bits per heavy atom. The SMILES string of the molecule is COc1cc(C(=O)N2CCC(NCC3CC3)CC2)ccc1OCC(C)C.Cl. The van der Waals surface area contributed by atoms with E-state index in [1.807, 2.05) is 17.0 Å². The van der Waals surface area contributed by atoms with Gasteiger partial charge in [0.05, 0.1) is 13.7 Å². The van der Waals surface area contributed by atoms with Gasteiger partial charge in [0.2, 0.25) is 0 Å². The average Bonchev–Trinajstić information content (AvgIpc) is 3.49. The number of amides is 1. The number of halogens is 1. The second-order valence-corrected chi connectivity index (χ2v) is 7.99. The van der Waals surface area contributed by atoms with Gasteiger partial charge in [0.15, 0.2) is 11.5 Å². The van der Waals surface area contributed by atoms with Crippen molar-refractivity contribution in [2.24, 2.45) is 11.8 Å². The van der Waals surface area contributed by atoms with Crippen molar-refractivity contribution in [2.45, 2.75) is 45.6 Å². The number of ether oxygens (including phenoxy) is 2. The number of nitrogens with one attached hydrogen (secondary N) is 1. The summed E-state index contributed by atoms with van der Waals surface area (Å²) in [6.07, 6.45) is 4.82. The lowest BCUT2D eigenvalue weighted by Gasteiger charge is -2.32. The number of nitrogens with zero attached hydrogens (tertiary/aromatic N) is 1. The third-order valence-electron chi connectivity index (χ3n) is 5.16. The van der Waals surface area contributed by atoms with Crippen molar-refractivity contribution in [1.29, 1.82) is 0 Å². The maximum atomic E-state index is 12.8. The smallest absolute Gasteiger partial charge is 0.253 e. The van der Waals surface area contributed by atoms with Crippen molar-refractivity contribution in [3.63, 3.8) is 0 Å². The lowest BCUT2D eigenvalue weighted by Crippen LogP contribution is -2.45. The van der Waals surface area contributed by atoms with Crippen LogP contribution in [0.1, 0.15) is 49.9 Å². The molecule has 0 spiro atoms. The lowest BCUT2D eigenvalue weighted by molar-refractivity contribution is 0.0704. The second kappa shape index (κ2) is 10.2. The van der Waals surface area contributed by atoms with Crippen LogP contribution in [-0.2, 0) is 0 Å². The molecule has 3 rings (SSSR count). The van der Waals surface area contributed by atoms with Crippen molar-refractivity contribution in [3.8, 4) is 11.5 Å². The van der Waals surface area contributed by atoms with Crippen LogP contribution in [0.4, 0.5) is 0 Å². The van der Waals surface area contributed by atoms with Crippen molar-refractivity contribution in [2.75, 3.05) is 33.4 Å². The summed E-state index contributed by atoms with van der Waals surface area (Å²) >= 11 is 0. The maximum absolute atomic E-state index is 12.8. The van der Waals surface area contributed by atoms with Crippen LogP contribution >= 0.6 is 12.4 Å². The molecule has 1 heterocycles. The zero-order valence-corrected chi connectivity index (χ0v) is 17.5. The Morgan fingerprint density at radius 2 is 1.89 bits per heavy atom. The van der Waals surface area contributed by atoms with Crippen LogP contribution in [0.5, 0.6) is 11.5 Å². The minimum absolute atomic E-state index is 0. The van der Waals surface area contributed by atoms with Crippen LogP contribution in [0.3, 0.4) is 0 Å². The molecular weight excluding hydrogens is 364 g/mol. The van der Waals surface area contributed by atoms with Crippen molar-refractivity contribution < 1.29 is 14.3 Å². The summed E-state index contributed by atoms with van der Waals surface area (Å²) in [5, 5.41) is 3.66. The lowest BCUT2D eigenvalue weighted by atomic mass is 10.0. The Morgan fingerprint density at radius 3 is 2.48 bits per heavy atom. The minimum atomic E-state index is 0. The highest BCUT2D eigenvalue weighted by Crippen LogP contribution is 2.30. The molecule has 5 nitrogen and oxygen atoms in total. The normalized spacial score (nSPS) is 17.6. The van der Waals surface area contributed by atoms with E-state index in [1.165, 1.54) is 12.8 Å². The summed E-state index contributed by atoms with van der Waals surface area (Å²) in [5.41, 5.74) is 0.670. The number of carbonyl (C=O) groups excluding carboxylic acids is 1. The number of hydrogen-bond acceptors (Lipinski definition) is 4. The predicted octanol–water partition coefficient (Wildman–Crippen LogP) is 3.76. The van der Waals surface area contributed by atoms with E-state index in [1.54, 1.807) is 13.2 Å². The molecule has 1 aliphatic carbocycles. The predicted molar refractivity (Wildman–Crippen MR) is 110 cm³/mol. The molecule has 1 aliphatic heterocycles. The van der Waals surface area contributed by atoms with Gasteiger partial charge in [0.1, 0.15) is 0 Å². The fourth-order valence-electron chi connectivity index (χ4n) is 3.30. The monoisotopic (exact) mass is 396 g/mol. The Balaban J connectivity index is 0.00000261. The number of hydrogen-bond donors (Lipinski definition) is 1. The number of likely N-dealkylation sites (tertiary alicyclic amines) is 1. The van der Waals surface area contributed by atoms with E-state index < -0.39 is 0 Å². The summed E-state index contributed by atoms with van der Waals surface area (Å²) in [4.78, 5) is 14.8. The standard InChI is InChI=1S/C21H32N2O3.ClH/c1-15(2)14-26-19-7-6-17(12-20(19)25-3)21(24)23-10-8-18(9-11-23)22-13-16-4-5-16;/h6-7,12,15-16,18,22H,4-5,8-11,13-14H2,1-3H3;1H. The second-order valence-electron chi connectivity index (χ2n) is 7.99. The van der Waals surface area contributed by atoms with Gasteiger partial charge >= 0.3 is 0 Å². The summed E-state index contributed by atoms with van der Waals surface area (Å²) in [5.74, 6) is 2.74. The van der Waals surface area contributed by atoms with Gasteiger partial charge in [-0.1, -0.05) is 13.8 Å². The van der Waals surface area contributed by atoms with E-state index in [9.17, 15) is 4.79 Å². The molecule has 1 aromatic rings. The zero-order valence-electron chi connectivity index (χ0n) is 16.7. The number of benzene rings is 1. The molecule has 0 unspecified atom stereocenters. The van der Waals surface area contributed by atoms with E-state index in [0.717, 1.165) is 38.4 Å². The average molecular weight is 397 g/mol. The Bertz CT molecular complexity index is 611. The van der Waals surface area contributed by atoms with E-state index in [-0.39, 0.29) is 18.3 Å². The Hall–Kier alpha value is -1.46. The molecule has 1 saturated carbocycles. The summed E-state index contributed by atoms with van der Waals surface area (Å²) in [6, 6.07) is 6.05. The first-order valence-corrected chi connectivity index (χ1v) is 9.90. The number of carbonyl (C=O) groups is 1. The van der Waals surface area contributed by atoms with Crippen LogP contribution in [0.2, 0.25) is 0 Å². The van der Waals surface area contributed by atoms with E-state index in [4.69, 9.17) is 9.47 Å². The number of piperidine rings is 1. The molecule has 1 amide bonds. The maximum Gasteiger partial charge on any atom is 0.253 e. The van der Waals surface area contributed by atoms with Gasteiger partial charge in [-0.25, -0.2) is 0 Å². The van der Waals surface area contributed by atoms with Crippen molar-refractivity contribution in [3.05, 3.63) is 23.8 Å². The molecule has 2 fully saturated rings. The molecular formula is C21H33ClN2O3. The topological polar surface area (TPSA) is 50.8 Å². The van der Waals surface area contributed by atoms with Crippen molar-refractivity contribution >= 4 is 18.3 Å². The molecule has 0 atom stereocenters. The number of methoxy groups -OCH3 is 1. The summed E-state index contributed by atoms with van der Waals surface area (Å²) in [7, 11) is 1.61. The molecule has 6 heteroatoms. The molecule has 27 heavy (non-hydrogen) atoms. The zero-order chi connectivity index (χ0) is 18.5. The molecule has 0 aromatic heterocycles. The van der Waals surface area contributed by atoms with Gasteiger partial charge in [-0.3, -0.25) is 4.79 Å². The van der Waals surface area contributed by atoms with Gasteiger partial charge in [0, 0.05) is 24.7 Å². The third-order valence-corrected chi connectivity index (χ3v) is 5.16. The third kappa shape index (κ3) is 6.28. The first-order chi connectivity index (χ1) is 12.6. The molecule has 0 radical (unpaired) electrons. The van der Waals surface area contributed by atoms with Crippen LogP contribution in [-0.4, -0.2) is 50.2 Å². The summed E-state index contributed by atoms with van der Waals surface area (Å²) < 4.78 is 11.2. The van der Waals surface area contributed by atoms with Gasteiger partial charge in [-0.05, 0) is 62.3 Å². The first kappa shape index (κ1) is 21.8. The minimum Gasteiger partial charge on any atom is -0.493 e. The highest BCUT2D eigenvalue weighted by molar-refractivity contribution is 5.95. The summed E-state index contributed by atoms with van der Waals surface area (Å²) in [6.45, 7) is 7.61. The molecule has 2 aliphatic rings. The fraction of sp³-hybridized carbons (Fsp3) is 0.667. The number of rotatable bonds is 8. The Kier molecular flexibility index (Phi) is 8.24. The fourth-order valence-corrected chi connectivity index (χ4v) is 3.30. The van der Waals surface area contributed by atoms with E-state index >= 15 is 0 Å². The molecule has 1 aromatic carbocycles. The van der Waals surface area contributed by atoms with Gasteiger partial charge in [-0.2, -0.15) is 0 Å². The highest BCUT2D eigenvalue weighted by Gasteiger charge is 2.26. The largest absolute Gasteiger partial charge is 0.493 e. The van der Waals surface area contributed by atoms with Crippen LogP contribution in [0.25, 0.3) is 0 Å². The molecule has 0 bridgehead atoms. The van der Waals surface area contributed by atoms with Gasteiger partial charge < -0.3 is 19.7 Å². The van der Waals surface area contributed by atoms with Crippen LogP contribution in [0, 0.1) is 11.8 Å². The van der Waals surface area contributed by atoms with Crippen molar-refractivity contribution in [1.82, 2.24) is 10.2 Å². The molecule has 1 N–H and O–H groups in total. The van der Waals surface area contributed by atoms with Crippen LogP contribution in [0.15, 0.2) is 18.2 Å². The van der Waals surface area contributed by atoms with Gasteiger partial charge in [0.25, 0.3) is 5.91 Å². The van der Waals surface area contributed by atoms with E-state index in [0.29, 0.717) is 35.6 Å².